The maximum Gasteiger partial charge on any atom is 0.0645 e. The van der Waals surface area contributed by atoms with Gasteiger partial charge in [0.25, 0.3) is 0 Å². The van der Waals surface area contributed by atoms with Gasteiger partial charge in [0, 0.05) is 6.54 Å². The minimum absolute atomic E-state index is 0.672. The number of hydrogen-bond donors (Lipinski definition) is 1. The standard InChI is InChI=1S/C12H23NO/c1-2-9-14-10-8-13-11-12-6-4-3-5-7-12/h2,12-13H,1,3-11H2. The molecule has 1 aliphatic rings. The first kappa shape index (κ1) is 11.7. The molecule has 0 aromatic rings. The Morgan fingerprint density at radius 2 is 2.07 bits per heavy atom. The van der Waals surface area contributed by atoms with Gasteiger partial charge in [0.1, 0.15) is 0 Å². The largest absolute Gasteiger partial charge is 0.376 e. The summed E-state index contributed by atoms with van der Waals surface area (Å²) in [4.78, 5) is 0. The van der Waals surface area contributed by atoms with Gasteiger partial charge in [-0.25, -0.2) is 0 Å². The second-order valence-corrected chi connectivity index (χ2v) is 4.07. The predicted molar refractivity (Wildman–Crippen MR) is 60.5 cm³/mol. The minimum Gasteiger partial charge on any atom is -0.376 e. The number of ether oxygens (including phenoxy) is 1. The van der Waals surface area contributed by atoms with Crippen molar-refractivity contribution in [1.29, 1.82) is 0 Å². The van der Waals surface area contributed by atoms with Gasteiger partial charge < -0.3 is 10.1 Å². The lowest BCUT2D eigenvalue weighted by molar-refractivity contribution is 0.162. The van der Waals surface area contributed by atoms with Crippen molar-refractivity contribution in [1.82, 2.24) is 5.32 Å². The van der Waals surface area contributed by atoms with Crippen LogP contribution in [0.15, 0.2) is 12.7 Å². The fourth-order valence-electron chi connectivity index (χ4n) is 2.01. The van der Waals surface area contributed by atoms with Crippen LogP contribution in [0.3, 0.4) is 0 Å². The van der Waals surface area contributed by atoms with Crippen molar-refractivity contribution in [3.8, 4) is 0 Å². The van der Waals surface area contributed by atoms with Gasteiger partial charge in [-0.1, -0.05) is 25.3 Å². The summed E-state index contributed by atoms with van der Waals surface area (Å²) in [6.45, 7) is 7.24. The van der Waals surface area contributed by atoms with E-state index in [1.807, 2.05) is 0 Å². The molecule has 14 heavy (non-hydrogen) atoms. The van der Waals surface area contributed by atoms with Gasteiger partial charge in [-0.05, 0) is 25.3 Å². The minimum atomic E-state index is 0.672. The van der Waals surface area contributed by atoms with Crippen LogP contribution in [0.2, 0.25) is 0 Å². The van der Waals surface area contributed by atoms with Gasteiger partial charge >= 0.3 is 0 Å². The molecule has 82 valence electrons. The van der Waals surface area contributed by atoms with E-state index >= 15 is 0 Å². The summed E-state index contributed by atoms with van der Waals surface area (Å²) in [7, 11) is 0. The van der Waals surface area contributed by atoms with E-state index in [2.05, 4.69) is 11.9 Å². The highest BCUT2D eigenvalue weighted by molar-refractivity contribution is 4.68. The van der Waals surface area contributed by atoms with Crippen LogP contribution in [0.25, 0.3) is 0 Å². The molecule has 0 aromatic heterocycles. The van der Waals surface area contributed by atoms with Crippen LogP contribution in [-0.4, -0.2) is 26.3 Å². The van der Waals surface area contributed by atoms with Gasteiger partial charge in [-0.3, -0.25) is 0 Å². The van der Waals surface area contributed by atoms with Crippen LogP contribution in [-0.2, 0) is 4.74 Å². The van der Waals surface area contributed by atoms with Crippen molar-refractivity contribution >= 4 is 0 Å². The van der Waals surface area contributed by atoms with Crippen molar-refractivity contribution in [2.45, 2.75) is 32.1 Å². The molecule has 1 saturated carbocycles. The molecule has 1 fully saturated rings. The molecule has 0 aromatic carbocycles. The lowest BCUT2D eigenvalue weighted by Crippen LogP contribution is -2.27. The Bertz CT molecular complexity index is 141. The summed E-state index contributed by atoms with van der Waals surface area (Å²) in [6.07, 6.45) is 8.93. The lowest BCUT2D eigenvalue weighted by atomic mass is 9.89. The van der Waals surface area contributed by atoms with E-state index in [1.54, 1.807) is 6.08 Å². The molecule has 0 unspecified atom stereocenters. The fourth-order valence-corrected chi connectivity index (χ4v) is 2.01. The third-order valence-corrected chi connectivity index (χ3v) is 2.82. The maximum absolute atomic E-state index is 5.29. The van der Waals surface area contributed by atoms with Crippen molar-refractivity contribution in [2.24, 2.45) is 5.92 Å². The average Bonchev–Trinajstić information content (AvgIpc) is 2.25. The Morgan fingerprint density at radius 3 is 2.79 bits per heavy atom. The van der Waals surface area contributed by atoms with E-state index < -0.39 is 0 Å². The van der Waals surface area contributed by atoms with E-state index in [0.717, 1.165) is 19.1 Å². The number of rotatable bonds is 7. The second kappa shape index (κ2) is 8.01. The number of hydrogen-bond acceptors (Lipinski definition) is 2. The molecule has 0 amide bonds. The van der Waals surface area contributed by atoms with E-state index in [1.165, 1.54) is 38.6 Å². The maximum atomic E-state index is 5.29. The first-order valence-corrected chi connectivity index (χ1v) is 5.83. The Balaban J connectivity index is 1.85. The zero-order valence-electron chi connectivity index (χ0n) is 9.13. The van der Waals surface area contributed by atoms with Gasteiger partial charge in [0.05, 0.1) is 13.2 Å². The van der Waals surface area contributed by atoms with E-state index in [-0.39, 0.29) is 0 Å². The lowest BCUT2D eigenvalue weighted by Gasteiger charge is -2.21. The smallest absolute Gasteiger partial charge is 0.0645 e. The van der Waals surface area contributed by atoms with E-state index in [9.17, 15) is 0 Å². The molecule has 1 N–H and O–H groups in total. The van der Waals surface area contributed by atoms with Crippen molar-refractivity contribution in [2.75, 3.05) is 26.3 Å². The van der Waals surface area contributed by atoms with Crippen LogP contribution in [0, 0.1) is 5.92 Å². The van der Waals surface area contributed by atoms with E-state index in [0.29, 0.717) is 6.61 Å². The Hall–Kier alpha value is -0.340. The summed E-state index contributed by atoms with van der Waals surface area (Å²) in [5.41, 5.74) is 0. The van der Waals surface area contributed by atoms with Crippen molar-refractivity contribution in [3.63, 3.8) is 0 Å². The molecule has 0 heterocycles. The first-order chi connectivity index (χ1) is 6.93. The molecule has 0 radical (unpaired) electrons. The molecule has 2 nitrogen and oxygen atoms in total. The van der Waals surface area contributed by atoms with Gasteiger partial charge in [-0.2, -0.15) is 0 Å². The van der Waals surface area contributed by atoms with Crippen LogP contribution in [0.5, 0.6) is 0 Å². The van der Waals surface area contributed by atoms with E-state index in [4.69, 9.17) is 4.74 Å². The molecule has 0 aliphatic heterocycles. The molecule has 0 atom stereocenters. The second-order valence-electron chi connectivity index (χ2n) is 4.07. The molecule has 0 spiro atoms. The Labute approximate surface area is 87.7 Å². The summed E-state index contributed by atoms with van der Waals surface area (Å²) in [5, 5.41) is 3.45. The molecule has 0 bridgehead atoms. The van der Waals surface area contributed by atoms with Gasteiger partial charge in [0.15, 0.2) is 0 Å². The van der Waals surface area contributed by atoms with Crippen LogP contribution in [0.4, 0.5) is 0 Å². The average molecular weight is 197 g/mol. The quantitative estimate of drug-likeness (QED) is 0.500. The Kier molecular flexibility index (Phi) is 6.71. The summed E-state index contributed by atoms with van der Waals surface area (Å²) in [6, 6.07) is 0. The normalized spacial score (nSPS) is 18.3. The molecule has 1 aliphatic carbocycles. The zero-order chi connectivity index (χ0) is 10.1. The number of nitrogens with one attached hydrogen (secondary N) is 1. The molecule has 1 rings (SSSR count). The highest BCUT2D eigenvalue weighted by Crippen LogP contribution is 2.22. The van der Waals surface area contributed by atoms with Crippen LogP contribution in [0.1, 0.15) is 32.1 Å². The van der Waals surface area contributed by atoms with Crippen molar-refractivity contribution < 1.29 is 4.74 Å². The predicted octanol–water partition coefficient (Wildman–Crippen LogP) is 2.36. The highest BCUT2D eigenvalue weighted by atomic mass is 16.5. The highest BCUT2D eigenvalue weighted by Gasteiger charge is 2.11. The monoisotopic (exact) mass is 197 g/mol. The molecule has 0 saturated heterocycles. The van der Waals surface area contributed by atoms with Gasteiger partial charge in [0.2, 0.25) is 0 Å². The van der Waals surface area contributed by atoms with Crippen LogP contribution < -0.4 is 5.32 Å². The van der Waals surface area contributed by atoms with Crippen LogP contribution >= 0.6 is 0 Å². The third kappa shape index (κ3) is 5.40. The first-order valence-electron chi connectivity index (χ1n) is 5.83. The molecular formula is C12H23NO. The molecule has 2 heteroatoms. The fraction of sp³-hybridized carbons (Fsp3) is 0.833. The topological polar surface area (TPSA) is 21.3 Å². The van der Waals surface area contributed by atoms with Crippen molar-refractivity contribution in [3.05, 3.63) is 12.7 Å². The third-order valence-electron chi connectivity index (χ3n) is 2.82. The SMILES string of the molecule is C=CCOCCNCC1CCCCC1. The molecular weight excluding hydrogens is 174 g/mol. The summed E-state index contributed by atoms with van der Waals surface area (Å²) in [5.74, 6) is 0.920. The zero-order valence-corrected chi connectivity index (χ0v) is 9.13. The summed E-state index contributed by atoms with van der Waals surface area (Å²) >= 11 is 0. The van der Waals surface area contributed by atoms with Gasteiger partial charge in [-0.15, -0.1) is 6.58 Å². The Morgan fingerprint density at radius 1 is 1.29 bits per heavy atom. The summed E-state index contributed by atoms with van der Waals surface area (Å²) < 4.78 is 5.29.